The molecule has 7 nitrogen and oxygen atoms in total. The van der Waals surface area contributed by atoms with Gasteiger partial charge in [-0.3, -0.25) is 9.10 Å². The Labute approximate surface area is 152 Å². The van der Waals surface area contributed by atoms with Gasteiger partial charge in [0.2, 0.25) is 15.9 Å². The second kappa shape index (κ2) is 8.15. The third kappa shape index (κ3) is 4.82. The zero-order chi connectivity index (χ0) is 19.2. The highest BCUT2D eigenvalue weighted by atomic mass is 32.2. The molecule has 2 rings (SSSR count). The Kier molecular flexibility index (Phi) is 5.94. The highest BCUT2D eigenvalue weighted by Crippen LogP contribution is 2.22. The molecule has 8 heteroatoms. The van der Waals surface area contributed by atoms with Crippen molar-refractivity contribution in [3.05, 3.63) is 59.7 Å². The van der Waals surface area contributed by atoms with E-state index in [9.17, 15) is 18.5 Å². The van der Waals surface area contributed by atoms with Gasteiger partial charge in [0.15, 0.2) is 0 Å². The first-order chi connectivity index (χ1) is 12.3. The lowest BCUT2D eigenvalue weighted by molar-refractivity contribution is -0.116. The van der Waals surface area contributed by atoms with Crippen LogP contribution in [0.5, 0.6) is 0 Å². The number of hydrogen-bond acceptors (Lipinski definition) is 5. The van der Waals surface area contributed by atoms with Gasteiger partial charge in [0.25, 0.3) is 0 Å². The summed E-state index contributed by atoms with van der Waals surface area (Å²) >= 11 is 0. The molecule has 0 atom stereocenters. The van der Waals surface area contributed by atoms with E-state index >= 15 is 0 Å². The number of nitrogens with zero attached hydrogens (tertiary/aromatic N) is 3. The van der Waals surface area contributed by atoms with Crippen molar-refractivity contribution in [1.29, 1.82) is 10.5 Å². The fourth-order valence-corrected chi connectivity index (χ4v) is 3.28. The number of hydrogen-bond donors (Lipinski definition) is 1. The lowest BCUT2D eigenvalue weighted by Gasteiger charge is -2.23. The number of sulfonamides is 1. The van der Waals surface area contributed by atoms with Crippen molar-refractivity contribution in [3.63, 3.8) is 0 Å². The maximum Gasteiger partial charge on any atom is 0.232 e. The number of nitrogens with one attached hydrogen (secondary N) is 1. The van der Waals surface area contributed by atoms with E-state index in [1.165, 1.54) is 18.2 Å². The predicted octanol–water partition coefficient (Wildman–Crippen LogP) is 2.22. The molecule has 0 bridgehead atoms. The van der Waals surface area contributed by atoms with Crippen LogP contribution < -0.4 is 9.62 Å². The van der Waals surface area contributed by atoms with Crippen LogP contribution in [0, 0.1) is 22.7 Å². The molecule has 0 saturated carbocycles. The van der Waals surface area contributed by atoms with Crippen molar-refractivity contribution in [2.24, 2.45) is 0 Å². The summed E-state index contributed by atoms with van der Waals surface area (Å²) in [6.45, 7) is -0.110. The number of amides is 1. The van der Waals surface area contributed by atoms with Crippen LogP contribution in [-0.2, 0) is 14.8 Å². The highest BCUT2D eigenvalue weighted by molar-refractivity contribution is 7.92. The summed E-state index contributed by atoms with van der Waals surface area (Å²) in [6.07, 6.45) is 0.916. The first-order valence-corrected chi connectivity index (χ1v) is 9.47. The third-order valence-corrected chi connectivity index (χ3v) is 4.69. The fraction of sp³-hybridized carbons (Fsp3) is 0.167. The topological polar surface area (TPSA) is 114 Å². The maximum atomic E-state index is 12.1. The van der Waals surface area contributed by atoms with E-state index in [-0.39, 0.29) is 24.2 Å². The van der Waals surface area contributed by atoms with Crippen LogP contribution in [0.3, 0.4) is 0 Å². The third-order valence-electron chi connectivity index (χ3n) is 3.51. The minimum absolute atomic E-state index is 0.108. The zero-order valence-electron chi connectivity index (χ0n) is 14.0. The summed E-state index contributed by atoms with van der Waals surface area (Å²) in [5.41, 5.74) is 1.30. The van der Waals surface area contributed by atoms with Crippen LogP contribution in [-0.4, -0.2) is 27.1 Å². The van der Waals surface area contributed by atoms with Gasteiger partial charge in [0, 0.05) is 18.7 Å². The van der Waals surface area contributed by atoms with Gasteiger partial charge >= 0.3 is 0 Å². The summed E-state index contributed by atoms with van der Waals surface area (Å²) in [7, 11) is -3.67. The van der Waals surface area contributed by atoms with E-state index in [1.807, 2.05) is 12.1 Å². The summed E-state index contributed by atoms with van der Waals surface area (Å²) in [6, 6.07) is 16.6. The summed E-state index contributed by atoms with van der Waals surface area (Å²) in [5.74, 6) is -0.400. The number of benzene rings is 2. The SMILES string of the molecule is CS(=O)(=O)N(CCC(=O)Nc1cccc(C#N)c1)c1ccccc1C#N. The van der Waals surface area contributed by atoms with Gasteiger partial charge in [-0.1, -0.05) is 18.2 Å². The van der Waals surface area contributed by atoms with Crippen molar-refractivity contribution in [3.8, 4) is 12.1 Å². The molecular weight excluding hydrogens is 352 g/mol. The van der Waals surface area contributed by atoms with Crippen molar-refractivity contribution in [2.45, 2.75) is 6.42 Å². The van der Waals surface area contributed by atoms with Gasteiger partial charge in [0.1, 0.15) is 6.07 Å². The molecule has 0 aromatic heterocycles. The van der Waals surface area contributed by atoms with E-state index < -0.39 is 15.9 Å². The average Bonchev–Trinajstić information content (AvgIpc) is 2.61. The number of anilines is 2. The van der Waals surface area contributed by atoms with E-state index in [2.05, 4.69) is 5.32 Å². The molecule has 1 N–H and O–H groups in total. The molecule has 0 radical (unpaired) electrons. The van der Waals surface area contributed by atoms with Crippen LogP contribution in [0.25, 0.3) is 0 Å². The number of nitriles is 2. The number of carbonyl (C=O) groups excluding carboxylic acids is 1. The molecule has 2 aromatic rings. The van der Waals surface area contributed by atoms with Crippen LogP contribution in [0.2, 0.25) is 0 Å². The van der Waals surface area contributed by atoms with Crippen LogP contribution in [0.15, 0.2) is 48.5 Å². The fourth-order valence-electron chi connectivity index (χ4n) is 2.34. The summed E-state index contributed by atoms with van der Waals surface area (Å²) in [5, 5.41) is 20.7. The molecule has 0 aliphatic rings. The van der Waals surface area contributed by atoms with Crippen LogP contribution >= 0.6 is 0 Å². The first-order valence-electron chi connectivity index (χ1n) is 7.62. The predicted molar refractivity (Wildman–Crippen MR) is 97.8 cm³/mol. The quantitative estimate of drug-likeness (QED) is 0.840. The van der Waals surface area contributed by atoms with Crippen molar-refractivity contribution < 1.29 is 13.2 Å². The molecule has 0 unspecified atom stereocenters. The van der Waals surface area contributed by atoms with E-state index in [0.717, 1.165) is 10.6 Å². The Bertz CT molecular complexity index is 1000. The maximum absolute atomic E-state index is 12.1. The molecule has 0 aliphatic carbocycles. The highest BCUT2D eigenvalue weighted by Gasteiger charge is 2.21. The van der Waals surface area contributed by atoms with Gasteiger partial charge in [-0.15, -0.1) is 0 Å². The Morgan fingerprint density at radius 2 is 1.85 bits per heavy atom. The monoisotopic (exact) mass is 368 g/mol. The molecule has 132 valence electrons. The minimum Gasteiger partial charge on any atom is -0.326 e. The molecule has 2 aromatic carbocycles. The van der Waals surface area contributed by atoms with Crippen LogP contribution in [0.4, 0.5) is 11.4 Å². The Morgan fingerprint density at radius 1 is 1.12 bits per heavy atom. The standard InChI is InChI=1S/C18H16N4O3S/c1-26(24,25)22(17-8-3-2-6-15(17)13-20)10-9-18(23)21-16-7-4-5-14(11-16)12-19/h2-8,11H,9-10H2,1H3,(H,21,23). The van der Waals surface area contributed by atoms with Crippen molar-refractivity contribution in [1.82, 2.24) is 0 Å². The Balaban J connectivity index is 2.14. The molecule has 1 amide bonds. The number of carbonyl (C=O) groups is 1. The molecule has 0 saturated heterocycles. The van der Waals surface area contributed by atoms with E-state index in [0.29, 0.717) is 11.3 Å². The molecule has 0 heterocycles. The molecular formula is C18H16N4O3S. The second-order valence-corrected chi connectivity index (χ2v) is 7.36. The zero-order valence-corrected chi connectivity index (χ0v) is 14.8. The second-order valence-electron chi connectivity index (χ2n) is 5.45. The first kappa shape index (κ1) is 19.0. The van der Waals surface area contributed by atoms with Gasteiger partial charge in [0.05, 0.1) is 29.1 Å². The Hall–Kier alpha value is -3.36. The Morgan fingerprint density at radius 3 is 2.50 bits per heavy atom. The molecule has 0 spiro atoms. The van der Waals surface area contributed by atoms with Crippen molar-refractivity contribution >= 4 is 27.3 Å². The largest absolute Gasteiger partial charge is 0.326 e. The average molecular weight is 368 g/mol. The van der Waals surface area contributed by atoms with Gasteiger partial charge in [-0.05, 0) is 30.3 Å². The smallest absolute Gasteiger partial charge is 0.232 e. The van der Waals surface area contributed by atoms with E-state index in [4.69, 9.17) is 5.26 Å². The lowest BCUT2D eigenvalue weighted by Crippen LogP contribution is -2.33. The van der Waals surface area contributed by atoms with Gasteiger partial charge in [-0.2, -0.15) is 10.5 Å². The van der Waals surface area contributed by atoms with E-state index in [1.54, 1.807) is 30.3 Å². The number of rotatable bonds is 6. The van der Waals surface area contributed by atoms with Crippen LogP contribution in [0.1, 0.15) is 17.5 Å². The molecule has 0 aliphatic heterocycles. The van der Waals surface area contributed by atoms with Crippen molar-refractivity contribution in [2.75, 3.05) is 22.4 Å². The van der Waals surface area contributed by atoms with Gasteiger partial charge in [-0.25, -0.2) is 8.42 Å². The summed E-state index contributed by atoms with van der Waals surface area (Å²) < 4.78 is 25.2. The minimum atomic E-state index is -3.67. The summed E-state index contributed by atoms with van der Waals surface area (Å²) in [4.78, 5) is 12.1. The lowest BCUT2D eigenvalue weighted by atomic mass is 10.2. The van der Waals surface area contributed by atoms with Gasteiger partial charge < -0.3 is 5.32 Å². The molecule has 0 fully saturated rings. The normalized spacial score (nSPS) is 10.4. The molecule has 26 heavy (non-hydrogen) atoms. The number of para-hydroxylation sites is 1.